The normalized spacial score (nSPS) is 17.9. The first kappa shape index (κ1) is 23.8. The van der Waals surface area contributed by atoms with Crippen LogP contribution in [0.3, 0.4) is 0 Å². The number of hydrogen-bond donors (Lipinski definition) is 2. The van der Waals surface area contributed by atoms with Crippen molar-refractivity contribution in [3.05, 3.63) is 47.5 Å². The molecule has 0 amide bonds. The van der Waals surface area contributed by atoms with Gasteiger partial charge in [-0.05, 0) is 51.7 Å². The average molecular weight is 533 g/mol. The number of pyridine rings is 1. The molecule has 0 spiro atoms. The van der Waals surface area contributed by atoms with Crippen molar-refractivity contribution in [1.29, 1.82) is 0 Å². The van der Waals surface area contributed by atoms with Crippen LogP contribution in [0, 0.1) is 0 Å². The summed E-state index contributed by atoms with van der Waals surface area (Å²) in [6.45, 7) is 5.25. The number of aliphatic imine (C=N–C) groups is 1. The summed E-state index contributed by atoms with van der Waals surface area (Å²) in [7, 11) is 4.07. The van der Waals surface area contributed by atoms with Gasteiger partial charge in [0.15, 0.2) is 5.96 Å². The Balaban J connectivity index is 0.00000300. The van der Waals surface area contributed by atoms with Crippen molar-refractivity contribution >= 4 is 47.4 Å². The van der Waals surface area contributed by atoms with Crippen LogP contribution in [0.2, 0.25) is 5.02 Å². The summed E-state index contributed by atoms with van der Waals surface area (Å²) in [6.07, 6.45) is 4.49. The highest BCUT2D eigenvalue weighted by molar-refractivity contribution is 14.0. The summed E-state index contributed by atoms with van der Waals surface area (Å²) in [5.74, 6) is 2.59. The van der Waals surface area contributed by atoms with Crippen molar-refractivity contribution in [3.8, 4) is 0 Å². The molecule has 7 nitrogen and oxygen atoms in total. The van der Waals surface area contributed by atoms with E-state index in [-0.39, 0.29) is 36.1 Å². The maximum Gasteiger partial charge on any atom is 0.191 e. The topological polar surface area (TPSA) is 68.9 Å². The molecule has 2 aromatic heterocycles. The maximum atomic E-state index is 6.30. The van der Waals surface area contributed by atoms with Crippen molar-refractivity contribution in [1.82, 2.24) is 20.5 Å². The molecule has 3 rings (SSSR count). The molecular weight excluding hydrogens is 503 g/mol. The van der Waals surface area contributed by atoms with Gasteiger partial charge in [-0.1, -0.05) is 11.6 Å². The number of nitrogens with one attached hydrogen (secondary N) is 2. The molecule has 160 valence electrons. The molecule has 0 aromatic carbocycles. The van der Waals surface area contributed by atoms with Gasteiger partial charge in [0.1, 0.15) is 11.6 Å². The number of rotatable bonds is 7. The van der Waals surface area contributed by atoms with Crippen molar-refractivity contribution in [2.75, 3.05) is 45.2 Å². The minimum Gasteiger partial charge on any atom is -0.468 e. The third-order valence-corrected chi connectivity index (χ3v) is 5.12. The summed E-state index contributed by atoms with van der Waals surface area (Å²) < 4.78 is 5.58. The lowest BCUT2D eigenvalue weighted by molar-refractivity contribution is 0.265. The molecule has 2 N–H and O–H groups in total. The summed E-state index contributed by atoms with van der Waals surface area (Å²) in [5.41, 5.74) is 0. The lowest BCUT2D eigenvalue weighted by Crippen LogP contribution is -2.45. The van der Waals surface area contributed by atoms with Gasteiger partial charge >= 0.3 is 0 Å². The second kappa shape index (κ2) is 11.6. The van der Waals surface area contributed by atoms with E-state index in [0.29, 0.717) is 11.6 Å². The zero-order chi connectivity index (χ0) is 19.9. The van der Waals surface area contributed by atoms with Crippen molar-refractivity contribution in [2.45, 2.75) is 25.4 Å². The highest BCUT2D eigenvalue weighted by Gasteiger charge is 2.25. The summed E-state index contributed by atoms with van der Waals surface area (Å²) in [4.78, 5) is 13.6. The van der Waals surface area contributed by atoms with Gasteiger partial charge in [0, 0.05) is 31.9 Å². The smallest absolute Gasteiger partial charge is 0.191 e. The Morgan fingerprint density at radius 3 is 2.90 bits per heavy atom. The molecule has 2 unspecified atom stereocenters. The summed E-state index contributed by atoms with van der Waals surface area (Å²) >= 11 is 6.30. The monoisotopic (exact) mass is 532 g/mol. The Bertz CT molecular complexity index is 770. The van der Waals surface area contributed by atoms with E-state index in [1.54, 1.807) is 12.5 Å². The van der Waals surface area contributed by atoms with Crippen LogP contribution in [0.5, 0.6) is 0 Å². The predicted molar refractivity (Wildman–Crippen MR) is 130 cm³/mol. The van der Waals surface area contributed by atoms with Gasteiger partial charge in [0.05, 0.1) is 23.9 Å². The largest absolute Gasteiger partial charge is 0.468 e. The first-order chi connectivity index (χ1) is 13.6. The highest BCUT2D eigenvalue weighted by atomic mass is 127. The van der Waals surface area contributed by atoms with Gasteiger partial charge in [-0.2, -0.15) is 0 Å². The predicted octanol–water partition coefficient (Wildman–Crippen LogP) is 3.38. The molecule has 0 radical (unpaired) electrons. The Kier molecular flexibility index (Phi) is 9.51. The number of furan rings is 1. The quantitative estimate of drug-likeness (QED) is 0.324. The van der Waals surface area contributed by atoms with E-state index in [1.165, 1.54) is 0 Å². The fourth-order valence-corrected chi connectivity index (χ4v) is 3.60. The minimum atomic E-state index is 0. The Hall–Kier alpha value is -1.52. The second-order valence-electron chi connectivity index (χ2n) is 7.10. The number of hydrogen-bond acceptors (Lipinski definition) is 5. The van der Waals surface area contributed by atoms with E-state index >= 15 is 0 Å². The Morgan fingerprint density at radius 2 is 2.24 bits per heavy atom. The molecule has 1 aliphatic heterocycles. The molecule has 0 aliphatic carbocycles. The molecule has 1 fully saturated rings. The lowest BCUT2D eigenvalue weighted by atomic mass is 10.2. The Morgan fingerprint density at radius 1 is 1.41 bits per heavy atom. The average Bonchev–Trinajstić information content (AvgIpc) is 3.34. The standard InChI is InChI=1S/C20H29ClN6O.HI/c1-4-22-20(24-13-17(26(2)3)18-8-6-12-28-18)25-15-9-11-27(14-15)19-16(21)7-5-10-23-19;/h5-8,10,12,15,17H,4,9,11,13-14H2,1-3H3,(H2,22,24,25);1H. The molecule has 1 aliphatic rings. The number of aromatic nitrogens is 1. The van der Waals surface area contributed by atoms with Gasteiger partial charge in [-0.25, -0.2) is 4.98 Å². The molecule has 29 heavy (non-hydrogen) atoms. The van der Waals surface area contributed by atoms with Crippen LogP contribution in [-0.2, 0) is 0 Å². The zero-order valence-electron chi connectivity index (χ0n) is 17.1. The van der Waals surface area contributed by atoms with Gasteiger partial charge < -0.3 is 20.0 Å². The van der Waals surface area contributed by atoms with Crippen molar-refractivity contribution in [3.63, 3.8) is 0 Å². The summed E-state index contributed by atoms with van der Waals surface area (Å²) in [5, 5.41) is 7.59. The third kappa shape index (κ3) is 6.48. The fourth-order valence-electron chi connectivity index (χ4n) is 3.36. The van der Waals surface area contributed by atoms with Crippen LogP contribution in [0.25, 0.3) is 0 Å². The van der Waals surface area contributed by atoms with Crippen LogP contribution in [0.1, 0.15) is 25.1 Å². The molecule has 0 saturated carbocycles. The Labute approximate surface area is 194 Å². The number of likely N-dealkylation sites (N-methyl/N-ethyl adjacent to an activating group) is 1. The molecule has 2 aromatic rings. The van der Waals surface area contributed by atoms with Crippen LogP contribution in [0.4, 0.5) is 5.82 Å². The van der Waals surface area contributed by atoms with Crippen molar-refractivity contribution in [2.24, 2.45) is 4.99 Å². The van der Waals surface area contributed by atoms with E-state index in [4.69, 9.17) is 21.0 Å². The number of halogens is 2. The van der Waals surface area contributed by atoms with Gasteiger partial charge in [0.2, 0.25) is 0 Å². The number of guanidine groups is 1. The molecular formula is C20H30ClIN6O. The molecule has 0 bridgehead atoms. The second-order valence-corrected chi connectivity index (χ2v) is 7.51. The van der Waals surface area contributed by atoms with Crippen LogP contribution in [-0.4, -0.2) is 62.2 Å². The SMILES string of the molecule is CCNC(=NCC(c1ccco1)N(C)C)NC1CCN(c2ncccc2Cl)C1.I. The van der Waals surface area contributed by atoms with Gasteiger partial charge in [-0.3, -0.25) is 9.89 Å². The van der Waals surface area contributed by atoms with E-state index in [9.17, 15) is 0 Å². The maximum absolute atomic E-state index is 6.30. The van der Waals surface area contributed by atoms with E-state index < -0.39 is 0 Å². The zero-order valence-corrected chi connectivity index (χ0v) is 20.2. The number of nitrogens with zero attached hydrogens (tertiary/aromatic N) is 4. The molecule has 1 saturated heterocycles. The van der Waals surface area contributed by atoms with E-state index in [2.05, 4.69) is 32.3 Å². The molecule has 9 heteroatoms. The van der Waals surface area contributed by atoms with Crippen molar-refractivity contribution < 1.29 is 4.42 Å². The minimum absolute atomic E-state index is 0. The highest BCUT2D eigenvalue weighted by Crippen LogP contribution is 2.25. The molecule has 2 atom stereocenters. The molecule has 3 heterocycles. The van der Waals surface area contributed by atoms with Gasteiger partial charge in [-0.15, -0.1) is 24.0 Å². The van der Waals surface area contributed by atoms with Gasteiger partial charge in [0.25, 0.3) is 0 Å². The first-order valence-corrected chi connectivity index (χ1v) is 10.1. The summed E-state index contributed by atoms with van der Waals surface area (Å²) in [6, 6.07) is 8.02. The van der Waals surface area contributed by atoms with Crippen LogP contribution < -0.4 is 15.5 Å². The fraction of sp³-hybridized carbons (Fsp3) is 0.500. The van der Waals surface area contributed by atoms with E-state index in [1.807, 2.05) is 38.4 Å². The lowest BCUT2D eigenvalue weighted by Gasteiger charge is -2.22. The van der Waals surface area contributed by atoms with E-state index in [0.717, 1.165) is 43.6 Å². The van der Waals surface area contributed by atoms with Crippen LogP contribution >= 0.6 is 35.6 Å². The van der Waals surface area contributed by atoms with Crippen LogP contribution in [0.15, 0.2) is 46.1 Å². The third-order valence-electron chi connectivity index (χ3n) is 4.83. The first-order valence-electron chi connectivity index (χ1n) is 9.68. The number of anilines is 1.